The van der Waals surface area contributed by atoms with E-state index in [1.807, 2.05) is 13.8 Å². The van der Waals surface area contributed by atoms with E-state index in [1.54, 1.807) is 13.2 Å². The number of hydrogen-bond donors (Lipinski definition) is 1. The summed E-state index contributed by atoms with van der Waals surface area (Å²) >= 11 is 0. The number of nitrogens with one attached hydrogen (secondary N) is 1. The maximum Gasteiger partial charge on any atom is 0.126 e. The minimum atomic E-state index is -0.273. The fourth-order valence-electron chi connectivity index (χ4n) is 1.44. The fraction of sp³-hybridized carbons (Fsp3) is 0.538. The van der Waals surface area contributed by atoms with E-state index in [9.17, 15) is 4.39 Å². The second kappa shape index (κ2) is 7.25. The Morgan fingerprint density at radius 3 is 2.88 bits per heavy atom. The van der Waals surface area contributed by atoms with E-state index >= 15 is 0 Å². The zero-order chi connectivity index (χ0) is 12.7. The zero-order valence-corrected chi connectivity index (χ0v) is 10.6. The SMILES string of the molecule is COCCNCC(C)Oc1cc(F)ccc1C. The first-order valence-corrected chi connectivity index (χ1v) is 5.76. The number of rotatable bonds is 7. The lowest BCUT2D eigenvalue weighted by molar-refractivity contribution is 0.183. The molecule has 0 aliphatic heterocycles. The van der Waals surface area contributed by atoms with Gasteiger partial charge in [-0.3, -0.25) is 0 Å². The first-order valence-electron chi connectivity index (χ1n) is 5.76. The van der Waals surface area contributed by atoms with E-state index in [0.717, 1.165) is 12.1 Å². The Balaban J connectivity index is 2.39. The van der Waals surface area contributed by atoms with Crippen LogP contribution in [0.25, 0.3) is 0 Å². The largest absolute Gasteiger partial charge is 0.489 e. The van der Waals surface area contributed by atoms with Gasteiger partial charge in [0.25, 0.3) is 0 Å². The van der Waals surface area contributed by atoms with Gasteiger partial charge in [0.1, 0.15) is 17.7 Å². The summed E-state index contributed by atoms with van der Waals surface area (Å²) in [4.78, 5) is 0. The van der Waals surface area contributed by atoms with Crippen molar-refractivity contribution in [1.82, 2.24) is 5.32 Å². The maximum absolute atomic E-state index is 13.0. The Labute approximate surface area is 102 Å². The lowest BCUT2D eigenvalue weighted by Crippen LogP contribution is -2.31. The van der Waals surface area contributed by atoms with E-state index in [-0.39, 0.29) is 11.9 Å². The molecule has 0 amide bonds. The van der Waals surface area contributed by atoms with Crippen LogP contribution in [0.1, 0.15) is 12.5 Å². The molecule has 0 saturated carbocycles. The molecular weight excluding hydrogens is 221 g/mol. The monoisotopic (exact) mass is 241 g/mol. The molecule has 0 aromatic heterocycles. The summed E-state index contributed by atoms with van der Waals surface area (Å²) in [6.07, 6.45) is -0.00708. The van der Waals surface area contributed by atoms with Gasteiger partial charge in [-0.2, -0.15) is 0 Å². The molecule has 0 fully saturated rings. The molecule has 1 N–H and O–H groups in total. The molecule has 4 heteroatoms. The molecule has 1 aromatic carbocycles. The Morgan fingerprint density at radius 1 is 1.41 bits per heavy atom. The van der Waals surface area contributed by atoms with Gasteiger partial charge in [-0.15, -0.1) is 0 Å². The zero-order valence-electron chi connectivity index (χ0n) is 10.6. The molecule has 0 spiro atoms. The summed E-state index contributed by atoms with van der Waals surface area (Å²) < 4.78 is 23.6. The average molecular weight is 241 g/mol. The number of halogens is 1. The van der Waals surface area contributed by atoms with Crippen molar-refractivity contribution >= 4 is 0 Å². The third kappa shape index (κ3) is 5.15. The number of aryl methyl sites for hydroxylation is 1. The summed E-state index contributed by atoms with van der Waals surface area (Å²) in [5.41, 5.74) is 0.940. The lowest BCUT2D eigenvalue weighted by Gasteiger charge is -2.17. The van der Waals surface area contributed by atoms with Crippen LogP contribution in [0, 0.1) is 12.7 Å². The molecule has 0 radical (unpaired) electrons. The molecule has 1 rings (SSSR count). The number of methoxy groups -OCH3 is 1. The summed E-state index contributed by atoms with van der Waals surface area (Å²) in [6, 6.07) is 4.57. The van der Waals surface area contributed by atoms with Crippen molar-refractivity contribution in [3.8, 4) is 5.75 Å². The van der Waals surface area contributed by atoms with Crippen LogP contribution in [-0.4, -0.2) is 32.9 Å². The summed E-state index contributed by atoms with van der Waals surface area (Å²) in [7, 11) is 1.66. The standard InChI is InChI=1S/C13H20FNO2/c1-10-4-5-12(14)8-13(10)17-11(2)9-15-6-7-16-3/h4-5,8,11,15H,6-7,9H2,1-3H3. The smallest absolute Gasteiger partial charge is 0.126 e. The van der Waals surface area contributed by atoms with Gasteiger partial charge in [0, 0.05) is 26.3 Å². The molecule has 1 unspecified atom stereocenters. The van der Waals surface area contributed by atoms with Crippen LogP contribution in [0.5, 0.6) is 5.75 Å². The van der Waals surface area contributed by atoms with Gasteiger partial charge in [0.05, 0.1) is 6.61 Å². The summed E-state index contributed by atoms with van der Waals surface area (Å²) in [5.74, 6) is 0.330. The highest BCUT2D eigenvalue weighted by Crippen LogP contribution is 2.19. The van der Waals surface area contributed by atoms with Crippen molar-refractivity contribution in [3.05, 3.63) is 29.6 Å². The van der Waals surface area contributed by atoms with E-state index < -0.39 is 0 Å². The molecule has 3 nitrogen and oxygen atoms in total. The summed E-state index contributed by atoms with van der Waals surface area (Å²) in [5, 5.41) is 3.20. The molecule has 17 heavy (non-hydrogen) atoms. The van der Waals surface area contributed by atoms with E-state index in [0.29, 0.717) is 18.9 Å². The van der Waals surface area contributed by atoms with Gasteiger partial charge >= 0.3 is 0 Å². The normalized spacial score (nSPS) is 12.5. The third-order valence-corrected chi connectivity index (χ3v) is 2.39. The van der Waals surface area contributed by atoms with Gasteiger partial charge in [0.15, 0.2) is 0 Å². The van der Waals surface area contributed by atoms with Crippen molar-refractivity contribution in [2.75, 3.05) is 26.8 Å². The van der Waals surface area contributed by atoms with Crippen LogP contribution in [0.3, 0.4) is 0 Å². The molecule has 96 valence electrons. The average Bonchev–Trinajstić information content (AvgIpc) is 2.29. The maximum atomic E-state index is 13.0. The quantitative estimate of drug-likeness (QED) is 0.742. The van der Waals surface area contributed by atoms with Crippen LogP contribution in [0.15, 0.2) is 18.2 Å². The Hall–Kier alpha value is -1.13. The van der Waals surface area contributed by atoms with Crippen molar-refractivity contribution in [2.24, 2.45) is 0 Å². The third-order valence-electron chi connectivity index (χ3n) is 2.39. The van der Waals surface area contributed by atoms with Crippen LogP contribution >= 0.6 is 0 Å². The van der Waals surface area contributed by atoms with Crippen molar-refractivity contribution in [1.29, 1.82) is 0 Å². The van der Waals surface area contributed by atoms with Crippen LogP contribution < -0.4 is 10.1 Å². The molecule has 0 heterocycles. The lowest BCUT2D eigenvalue weighted by atomic mass is 10.2. The van der Waals surface area contributed by atoms with Crippen molar-refractivity contribution in [2.45, 2.75) is 20.0 Å². The summed E-state index contributed by atoms with van der Waals surface area (Å²) in [6.45, 7) is 6.02. The van der Waals surface area contributed by atoms with E-state index in [2.05, 4.69) is 5.32 Å². The molecular formula is C13H20FNO2. The van der Waals surface area contributed by atoms with Crippen molar-refractivity contribution in [3.63, 3.8) is 0 Å². The van der Waals surface area contributed by atoms with Crippen LogP contribution in [0.4, 0.5) is 4.39 Å². The van der Waals surface area contributed by atoms with Gasteiger partial charge in [0.2, 0.25) is 0 Å². The van der Waals surface area contributed by atoms with Gasteiger partial charge in [-0.25, -0.2) is 4.39 Å². The van der Waals surface area contributed by atoms with E-state index in [4.69, 9.17) is 9.47 Å². The first-order chi connectivity index (χ1) is 8.13. The highest BCUT2D eigenvalue weighted by molar-refractivity contribution is 5.32. The first kappa shape index (κ1) is 13.9. The number of ether oxygens (including phenoxy) is 2. The van der Waals surface area contributed by atoms with Gasteiger partial charge < -0.3 is 14.8 Å². The van der Waals surface area contributed by atoms with Crippen LogP contribution in [-0.2, 0) is 4.74 Å². The Kier molecular flexibility index (Phi) is 5.94. The molecule has 0 aliphatic carbocycles. The highest BCUT2D eigenvalue weighted by atomic mass is 19.1. The molecule has 0 bridgehead atoms. The molecule has 1 aromatic rings. The molecule has 1 atom stereocenters. The molecule has 0 aliphatic rings. The number of benzene rings is 1. The minimum Gasteiger partial charge on any atom is -0.489 e. The van der Waals surface area contributed by atoms with Crippen molar-refractivity contribution < 1.29 is 13.9 Å². The predicted octanol–water partition coefficient (Wildman–Crippen LogP) is 2.14. The van der Waals surface area contributed by atoms with E-state index in [1.165, 1.54) is 12.1 Å². The topological polar surface area (TPSA) is 30.5 Å². The highest BCUT2D eigenvalue weighted by Gasteiger charge is 2.07. The predicted molar refractivity (Wildman–Crippen MR) is 66.0 cm³/mol. The Morgan fingerprint density at radius 2 is 2.18 bits per heavy atom. The number of hydrogen-bond acceptors (Lipinski definition) is 3. The van der Waals surface area contributed by atoms with Gasteiger partial charge in [-0.05, 0) is 25.5 Å². The minimum absolute atomic E-state index is 0.00708. The van der Waals surface area contributed by atoms with Crippen LogP contribution in [0.2, 0.25) is 0 Å². The van der Waals surface area contributed by atoms with Gasteiger partial charge in [-0.1, -0.05) is 6.07 Å². The fourth-order valence-corrected chi connectivity index (χ4v) is 1.44. The Bertz CT molecular complexity index is 344. The second-order valence-corrected chi connectivity index (χ2v) is 4.04. The second-order valence-electron chi connectivity index (χ2n) is 4.04. The molecule has 0 saturated heterocycles.